The average molecular weight is 265 g/mol. The first-order valence-corrected chi connectivity index (χ1v) is 8.09. The molecule has 0 atom stereocenters. The Bertz CT molecular complexity index is 307. The molecule has 0 spiro atoms. The summed E-state index contributed by atoms with van der Waals surface area (Å²) < 4.78 is 2.15. The first-order chi connectivity index (χ1) is 9.38. The normalized spacial score (nSPS) is 11.1. The van der Waals surface area contributed by atoms with Gasteiger partial charge in [-0.25, -0.2) is 0 Å². The minimum atomic E-state index is 0.938. The number of aromatic nitrogens is 2. The molecular formula is C16H31N3. The second-order valence-electron chi connectivity index (χ2n) is 5.30. The van der Waals surface area contributed by atoms with Gasteiger partial charge in [0.05, 0.1) is 5.69 Å². The Morgan fingerprint density at radius 1 is 1.00 bits per heavy atom. The van der Waals surface area contributed by atoms with Crippen molar-refractivity contribution in [2.45, 2.75) is 78.3 Å². The van der Waals surface area contributed by atoms with Gasteiger partial charge in [0.15, 0.2) is 0 Å². The Balaban J connectivity index is 2.04. The molecule has 0 saturated carbocycles. The number of unbranched alkanes of at least 4 members (excludes halogenated alkanes) is 7. The summed E-state index contributed by atoms with van der Waals surface area (Å²) in [5.41, 5.74) is 1.31. The van der Waals surface area contributed by atoms with E-state index in [-0.39, 0.29) is 0 Å². The highest BCUT2D eigenvalue weighted by molar-refractivity contribution is 4.99. The van der Waals surface area contributed by atoms with E-state index in [1.807, 2.05) is 6.20 Å². The summed E-state index contributed by atoms with van der Waals surface area (Å²) in [6, 6.07) is 2.12. The van der Waals surface area contributed by atoms with Gasteiger partial charge in [-0.1, -0.05) is 58.8 Å². The Morgan fingerprint density at radius 3 is 2.37 bits per heavy atom. The maximum atomic E-state index is 4.40. The lowest BCUT2D eigenvalue weighted by molar-refractivity contribution is 0.501. The van der Waals surface area contributed by atoms with Crippen molar-refractivity contribution < 1.29 is 0 Å². The van der Waals surface area contributed by atoms with Crippen LogP contribution >= 0.6 is 0 Å². The van der Waals surface area contributed by atoms with Crippen LogP contribution in [0.2, 0.25) is 0 Å². The molecule has 0 aliphatic carbocycles. The molecule has 0 saturated heterocycles. The van der Waals surface area contributed by atoms with Gasteiger partial charge >= 0.3 is 0 Å². The predicted molar refractivity (Wildman–Crippen MR) is 82.2 cm³/mol. The van der Waals surface area contributed by atoms with Crippen LogP contribution < -0.4 is 5.32 Å². The summed E-state index contributed by atoms with van der Waals surface area (Å²) in [6.45, 7) is 7.44. The maximum Gasteiger partial charge on any atom is 0.0522 e. The van der Waals surface area contributed by atoms with Crippen molar-refractivity contribution >= 4 is 0 Å². The Hall–Kier alpha value is -0.830. The van der Waals surface area contributed by atoms with Gasteiger partial charge in [-0.3, -0.25) is 4.68 Å². The van der Waals surface area contributed by atoms with Crippen LogP contribution in [0.4, 0.5) is 0 Å². The van der Waals surface area contributed by atoms with E-state index in [1.165, 1.54) is 57.1 Å². The lowest BCUT2D eigenvalue weighted by Gasteiger charge is -2.07. The molecule has 0 aliphatic heterocycles. The van der Waals surface area contributed by atoms with Gasteiger partial charge in [-0.15, -0.1) is 0 Å². The number of rotatable bonds is 12. The second-order valence-corrected chi connectivity index (χ2v) is 5.30. The van der Waals surface area contributed by atoms with E-state index in [1.54, 1.807) is 0 Å². The number of nitrogens with one attached hydrogen (secondary N) is 1. The lowest BCUT2D eigenvalue weighted by Crippen LogP contribution is -2.16. The summed E-state index contributed by atoms with van der Waals surface area (Å²) >= 11 is 0. The van der Waals surface area contributed by atoms with Crippen molar-refractivity contribution in [3.63, 3.8) is 0 Å². The third-order valence-electron chi connectivity index (χ3n) is 3.58. The number of hydrogen-bond donors (Lipinski definition) is 1. The predicted octanol–water partition coefficient (Wildman–Crippen LogP) is 4.13. The van der Waals surface area contributed by atoms with Crippen molar-refractivity contribution in [2.75, 3.05) is 6.54 Å². The van der Waals surface area contributed by atoms with Gasteiger partial charge in [-0.05, 0) is 19.0 Å². The van der Waals surface area contributed by atoms with E-state index in [0.29, 0.717) is 0 Å². The molecule has 3 nitrogen and oxygen atoms in total. The molecule has 19 heavy (non-hydrogen) atoms. The van der Waals surface area contributed by atoms with Gasteiger partial charge in [0, 0.05) is 19.3 Å². The van der Waals surface area contributed by atoms with E-state index < -0.39 is 0 Å². The highest BCUT2D eigenvalue weighted by Crippen LogP contribution is 2.09. The SMILES string of the molecule is CCCCCCCCCCn1nccc1CNCC. The van der Waals surface area contributed by atoms with Gasteiger partial charge in [-0.2, -0.15) is 5.10 Å². The highest BCUT2D eigenvalue weighted by atomic mass is 15.3. The Labute approximate surface area is 118 Å². The van der Waals surface area contributed by atoms with Crippen LogP contribution in [0.15, 0.2) is 12.3 Å². The fraction of sp³-hybridized carbons (Fsp3) is 0.812. The van der Waals surface area contributed by atoms with Crippen molar-refractivity contribution in [3.8, 4) is 0 Å². The topological polar surface area (TPSA) is 29.9 Å². The quantitative estimate of drug-likeness (QED) is 0.576. The summed E-state index contributed by atoms with van der Waals surface area (Å²) in [4.78, 5) is 0. The molecule has 0 amide bonds. The minimum Gasteiger partial charge on any atom is -0.311 e. The fourth-order valence-electron chi connectivity index (χ4n) is 2.36. The maximum absolute atomic E-state index is 4.40. The molecule has 1 heterocycles. The van der Waals surface area contributed by atoms with Crippen LogP contribution in [0.3, 0.4) is 0 Å². The third kappa shape index (κ3) is 7.36. The summed E-state index contributed by atoms with van der Waals surface area (Å²) in [6.07, 6.45) is 12.9. The van der Waals surface area contributed by atoms with Crippen molar-refractivity contribution in [1.82, 2.24) is 15.1 Å². The fourth-order valence-corrected chi connectivity index (χ4v) is 2.36. The zero-order valence-corrected chi connectivity index (χ0v) is 12.8. The zero-order valence-electron chi connectivity index (χ0n) is 12.8. The van der Waals surface area contributed by atoms with Gasteiger partial charge in [0.2, 0.25) is 0 Å². The summed E-state index contributed by atoms with van der Waals surface area (Å²) in [5.74, 6) is 0. The molecule has 110 valence electrons. The van der Waals surface area contributed by atoms with Crippen LogP contribution in [0, 0.1) is 0 Å². The standard InChI is InChI=1S/C16H31N3/c1-3-5-6-7-8-9-10-11-14-19-16(12-13-18-19)15-17-4-2/h12-13,17H,3-11,14-15H2,1-2H3. The molecule has 1 aromatic heterocycles. The van der Waals surface area contributed by atoms with Gasteiger partial charge < -0.3 is 5.32 Å². The lowest BCUT2D eigenvalue weighted by atomic mass is 10.1. The molecule has 0 aliphatic rings. The molecule has 0 fully saturated rings. The molecule has 0 bridgehead atoms. The first kappa shape index (κ1) is 16.2. The molecule has 1 aromatic rings. The van der Waals surface area contributed by atoms with Crippen molar-refractivity contribution in [2.24, 2.45) is 0 Å². The Kier molecular flexibility index (Phi) is 9.42. The van der Waals surface area contributed by atoms with E-state index in [4.69, 9.17) is 0 Å². The van der Waals surface area contributed by atoms with E-state index in [2.05, 4.69) is 35.0 Å². The van der Waals surface area contributed by atoms with E-state index in [9.17, 15) is 0 Å². The van der Waals surface area contributed by atoms with Crippen molar-refractivity contribution in [3.05, 3.63) is 18.0 Å². The molecule has 0 radical (unpaired) electrons. The first-order valence-electron chi connectivity index (χ1n) is 8.09. The molecule has 1 rings (SSSR count). The largest absolute Gasteiger partial charge is 0.311 e. The summed E-state index contributed by atoms with van der Waals surface area (Å²) in [5, 5.41) is 7.76. The van der Waals surface area contributed by atoms with Crippen LogP contribution in [-0.2, 0) is 13.1 Å². The third-order valence-corrected chi connectivity index (χ3v) is 3.58. The van der Waals surface area contributed by atoms with Gasteiger partial charge in [0.25, 0.3) is 0 Å². The monoisotopic (exact) mass is 265 g/mol. The van der Waals surface area contributed by atoms with Crippen molar-refractivity contribution in [1.29, 1.82) is 0 Å². The summed E-state index contributed by atoms with van der Waals surface area (Å²) in [7, 11) is 0. The minimum absolute atomic E-state index is 0.938. The molecule has 1 N–H and O–H groups in total. The van der Waals surface area contributed by atoms with Crippen LogP contribution in [0.25, 0.3) is 0 Å². The van der Waals surface area contributed by atoms with Gasteiger partial charge in [0.1, 0.15) is 0 Å². The van der Waals surface area contributed by atoms with Crippen LogP contribution in [0.1, 0.15) is 70.9 Å². The van der Waals surface area contributed by atoms with Crippen LogP contribution in [-0.4, -0.2) is 16.3 Å². The van der Waals surface area contributed by atoms with E-state index >= 15 is 0 Å². The highest BCUT2D eigenvalue weighted by Gasteiger charge is 2.01. The molecule has 0 unspecified atom stereocenters. The molecule has 3 heteroatoms. The number of aryl methyl sites for hydroxylation is 1. The zero-order chi connectivity index (χ0) is 13.8. The van der Waals surface area contributed by atoms with E-state index in [0.717, 1.165) is 19.6 Å². The number of hydrogen-bond acceptors (Lipinski definition) is 2. The number of nitrogens with zero attached hydrogens (tertiary/aromatic N) is 2. The average Bonchev–Trinajstić information content (AvgIpc) is 2.87. The molecular weight excluding hydrogens is 234 g/mol. The smallest absolute Gasteiger partial charge is 0.0522 e. The Morgan fingerprint density at radius 2 is 1.68 bits per heavy atom. The molecule has 0 aromatic carbocycles. The van der Waals surface area contributed by atoms with Crippen LogP contribution in [0.5, 0.6) is 0 Å². The second kappa shape index (κ2) is 11.0.